The lowest BCUT2D eigenvalue weighted by molar-refractivity contribution is 0.151. The second kappa shape index (κ2) is 7.75. The van der Waals surface area contributed by atoms with Crippen LogP contribution in [0.5, 0.6) is 0 Å². The van der Waals surface area contributed by atoms with Gasteiger partial charge in [0.05, 0.1) is 0 Å². The second-order valence-corrected chi connectivity index (χ2v) is 5.94. The highest BCUT2D eigenvalue weighted by Gasteiger charge is 2.22. The minimum Gasteiger partial charge on any atom is -0.314 e. The molecule has 112 valence electrons. The fourth-order valence-electron chi connectivity index (χ4n) is 2.98. The maximum Gasteiger partial charge on any atom is 0.123 e. The van der Waals surface area contributed by atoms with E-state index in [2.05, 4.69) is 24.1 Å². The van der Waals surface area contributed by atoms with Crippen molar-refractivity contribution in [2.45, 2.75) is 51.6 Å². The van der Waals surface area contributed by atoms with Crippen LogP contribution in [0.15, 0.2) is 24.3 Å². The predicted octanol–water partition coefficient (Wildman–Crippen LogP) is 3.22. The number of rotatable bonds is 6. The summed E-state index contributed by atoms with van der Waals surface area (Å²) >= 11 is 0. The fraction of sp³-hybridized carbons (Fsp3) is 0.647. The molecule has 1 aliphatic heterocycles. The van der Waals surface area contributed by atoms with E-state index >= 15 is 0 Å². The Kier molecular flexibility index (Phi) is 5.99. The SMILES string of the molecule is CCCNC1CCN(C(C)Cc2ccc(F)cc2)CC1. The van der Waals surface area contributed by atoms with E-state index in [1.165, 1.54) is 37.9 Å². The van der Waals surface area contributed by atoms with Crippen molar-refractivity contribution < 1.29 is 4.39 Å². The third-order valence-corrected chi connectivity index (χ3v) is 4.28. The Morgan fingerprint density at radius 1 is 1.25 bits per heavy atom. The van der Waals surface area contributed by atoms with E-state index < -0.39 is 0 Å². The summed E-state index contributed by atoms with van der Waals surface area (Å²) < 4.78 is 12.9. The van der Waals surface area contributed by atoms with Crippen LogP contribution in [0.3, 0.4) is 0 Å². The third kappa shape index (κ3) is 4.57. The first-order valence-corrected chi connectivity index (χ1v) is 7.91. The molecule has 0 radical (unpaired) electrons. The first-order chi connectivity index (χ1) is 9.69. The summed E-state index contributed by atoms with van der Waals surface area (Å²) in [6.45, 7) is 7.97. The Balaban J connectivity index is 1.76. The highest BCUT2D eigenvalue weighted by Crippen LogP contribution is 2.16. The molecule has 1 fully saturated rings. The zero-order valence-corrected chi connectivity index (χ0v) is 12.7. The standard InChI is InChI=1S/C17H27FN2/c1-3-10-19-17-8-11-20(12-9-17)14(2)13-15-4-6-16(18)7-5-15/h4-7,14,17,19H,3,8-13H2,1-2H3. The van der Waals surface area contributed by atoms with Crippen LogP contribution in [0.25, 0.3) is 0 Å². The number of nitrogens with zero attached hydrogens (tertiary/aromatic N) is 1. The molecule has 20 heavy (non-hydrogen) atoms. The zero-order valence-electron chi connectivity index (χ0n) is 12.7. The number of hydrogen-bond donors (Lipinski definition) is 1. The maximum atomic E-state index is 12.9. The molecule has 1 aromatic carbocycles. The summed E-state index contributed by atoms with van der Waals surface area (Å²) in [4.78, 5) is 2.56. The van der Waals surface area contributed by atoms with Gasteiger partial charge in [0.2, 0.25) is 0 Å². The van der Waals surface area contributed by atoms with Crippen molar-refractivity contribution in [1.82, 2.24) is 10.2 Å². The normalized spacial score (nSPS) is 19.1. The molecule has 0 aliphatic carbocycles. The van der Waals surface area contributed by atoms with Gasteiger partial charge in [-0.1, -0.05) is 19.1 Å². The minimum absolute atomic E-state index is 0.149. The van der Waals surface area contributed by atoms with E-state index in [0.717, 1.165) is 13.0 Å². The number of nitrogens with one attached hydrogen (secondary N) is 1. The van der Waals surface area contributed by atoms with Gasteiger partial charge < -0.3 is 10.2 Å². The van der Waals surface area contributed by atoms with E-state index in [4.69, 9.17) is 0 Å². The molecule has 0 spiro atoms. The summed E-state index contributed by atoms with van der Waals surface area (Å²) in [7, 11) is 0. The Labute approximate surface area is 122 Å². The Morgan fingerprint density at radius 3 is 2.50 bits per heavy atom. The molecule has 0 amide bonds. The van der Waals surface area contributed by atoms with Crippen molar-refractivity contribution in [1.29, 1.82) is 0 Å². The van der Waals surface area contributed by atoms with Gasteiger partial charge in [-0.2, -0.15) is 0 Å². The lowest BCUT2D eigenvalue weighted by atomic mass is 10.00. The quantitative estimate of drug-likeness (QED) is 0.859. The van der Waals surface area contributed by atoms with Crippen LogP contribution in [-0.4, -0.2) is 36.6 Å². The van der Waals surface area contributed by atoms with Gasteiger partial charge in [-0.15, -0.1) is 0 Å². The highest BCUT2D eigenvalue weighted by molar-refractivity contribution is 5.17. The fourth-order valence-corrected chi connectivity index (χ4v) is 2.98. The van der Waals surface area contributed by atoms with Crippen molar-refractivity contribution in [3.05, 3.63) is 35.6 Å². The third-order valence-electron chi connectivity index (χ3n) is 4.28. The molecule has 1 saturated heterocycles. The zero-order chi connectivity index (χ0) is 14.4. The van der Waals surface area contributed by atoms with Crippen molar-refractivity contribution in [2.24, 2.45) is 0 Å². The van der Waals surface area contributed by atoms with Crippen molar-refractivity contribution in [3.8, 4) is 0 Å². The average molecular weight is 278 g/mol. The number of halogens is 1. The molecule has 2 nitrogen and oxygen atoms in total. The number of hydrogen-bond acceptors (Lipinski definition) is 2. The van der Waals surface area contributed by atoms with Crippen LogP contribution < -0.4 is 5.32 Å². The molecule has 1 heterocycles. The molecule has 0 saturated carbocycles. The van der Waals surface area contributed by atoms with E-state index in [9.17, 15) is 4.39 Å². The average Bonchev–Trinajstić information content (AvgIpc) is 2.48. The Hall–Kier alpha value is -0.930. The smallest absolute Gasteiger partial charge is 0.123 e. The maximum absolute atomic E-state index is 12.9. The van der Waals surface area contributed by atoms with Gasteiger partial charge in [-0.05, 0) is 69.9 Å². The first kappa shape index (κ1) is 15.5. The molecule has 0 aromatic heterocycles. The molecule has 1 aliphatic rings. The van der Waals surface area contributed by atoms with Crippen LogP contribution in [0.2, 0.25) is 0 Å². The second-order valence-electron chi connectivity index (χ2n) is 5.94. The number of piperidine rings is 1. The minimum atomic E-state index is -0.149. The summed E-state index contributed by atoms with van der Waals surface area (Å²) in [6.07, 6.45) is 4.70. The summed E-state index contributed by atoms with van der Waals surface area (Å²) in [5.41, 5.74) is 1.23. The molecular formula is C17H27FN2. The van der Waals surface area contributed by atoms with E-state index in [-0.39, 0.29) is 5.82 Å². The van der Waals surface area contributed by atoms with Crippen LogP contribution >= 0.6 is 0 Å². The monoisotopic (exact) mass is 278 g/mol. The van der Waals surface area contributed by atoms with Crippen molar-refractivity contribution in [2.75, 3.05) is 19.6 Å². The lowest BCUT2D eigenvalue weighted by Gasteiger charge is -2.36. The van der Waals surface area contributed by atoms with Gasteiger partial charge in [0.1, 0.15) is 5.82 Å². The van der Waals surface area contributed by atoms with Gasteiger partial charge in [-0.25, -0.2) is 4.39 Å². The highest BCUT2D eigenvalue weighted by atomic mass is 19.1. The lowest BCUT2D eigenvalue weighted by Crippen LogP contribution is -2.46. The van der Waals surface area contributed by atoms with E-state index in [0.29, 0.717) is 12.1 Å². The van der Waals surface area contributed by atoms with Crippen molar-refractivity contribution in [3.63, 3.8) is 0 Å². The van der Waals surface area contributed by atoms with Crippen LogP contribution in [0.4, 0.5) is 4.39 Å². The Morgan fingerprint density at radius 2 is 1.90 bits per heavy atom. The molecule has 1 unspecified atom stereocenters. The molecule has 0 bridgehead atoms. The molecule has 1 N–H and O–H groups in total. The van der Waals surface area contributed by atoms with Gasteiger partial charge in [0, 0.05) is 12.1 Å². The largest absolute Gasteiger partial charge is 0.314 e. The van der Waals surface area contributed by atoms with Gasteiger partial charge in [0.25, 0.3) is 0 Å². The van der Waals surface area contributed by atoms with Crippen LogP contribution in [0.1, 0.15) is 38.7 Å². The summed E-state index contributed by atoms with van der Waals surface area (Å²) in [5.74, 6) is -0.149. The van der Waals surface area contributed by atoms with Gasteiger partial charge in [-0.3, -0.25) is 0 Å². The van der Waals surface area contributed by atoms with Crippen LogP contribution in [-0.2, 0) is 6.42 Å². The molecule has 3 heteroatoms. The molecule has 1 atom stereocenters. The number of likely N-dealkylation sites (tertiary alicyclic amines) is 1. The topological polar surface area (TPSA) is 15.3 Å². The van der Waals surface area contributed by atoms with Crippen molar-refractivity contribution >= 4 is 0 Å². The molecular weight excluding hydrogens is 251 g/mol. The predicted molar refractivity (Wildman–Crippen MR) is 82.5 cm³/mol. The summed E-state index contributed by atoms with van der Waals surface area (Å²) in [5, 5.41) is 3.62. The molecule has 1 aromatic rings. The van der Waals surface area contributed by atoms with E-state index in [1.54, 1.807) is 12.1 Å². The molecule has 2 rings (SSSR count). The van der Waals surface area contributed by atoms with Crippen LogP contribution in [0, 0.1) is 5.82 Å². The Bertz CT molecular complexity index is 382. The van der Waals surface area contributed by atoms with Gasteiger partial charge in [0.15, 0.2) is 0 Å². The first-order valence-electron chi connectivity index (χ1n) is 7.91. The number of benzene rings is 1. The van der Waals surface area contributed by atoms with Gasteiger partial charge >= 0.3 is 0 Å². The summed E-state index contributed by atoms with van der Waals surface area (Å²) in [6, 6.07) is 8.16. The van der Waals surface area contributed by atoms with E-state index in [1.807, 2.05) is 12.1 Å².